The SMILES string of the molecule is NC(=O)CC(c1ccc(-n2ccc(N)nc2=O)cc1)C1CC1. The van der Waals surface area contributed by atoms with Crippen LogP contribution in [0.25, 0.3) is 5.69 Å². The van der Waals surface area contributed by atoms with Crippen LogP contribution in [0.3, 0.4) is 0 Å². The van der Waals surface area contributed by atoms with Gasteiger partial charge in [0.25, 0.3) is 0 Å². The number of aromatic nitrogens is 2. The summed E-state index contributed by atoms with van der Waals surface area (Å²) in [7, 11) is 0. The van der Waals surface area contributed by atoms with Gasteiger partial charge < -0.3 is 11.5 Å². The van der Waals surface area contributed by atoms with E-state index in [0.717, 1.165) is 24.1 Å². The Bertz CT molecular complexity index is 747. The van der Waals surface area contributed by atoms with Crippen molar-refractivity contribution in [2.75, 3.05) is 5.73 Å². The molecule has 0 spiro atoms. The minimum absolute atomic E-state index is 0.174. The highest BCUT2D eigenvalue weighted by Gasteiger charge is 2.33. The number of carbonyl (C=O) groups is 1. The third kappa shape index (κ3) is 3.00. The van der Waals surface area contributed by atoms with Crippen LogP contribution in [0.15, 0.2) is 41.3 Å². The van der Waals surface area contributed by atoms with Gasteiger partial charge in [0.05, 0.1) is 5.69 Å². The summed E-state index contributed by atoms with van der Waals surface area (Å²) in [6, 6.07) is 9.18. The Hall–Kier alpha value is -2.63. The molecular weight excluding hydrogens is 280 g/mol. The maximum Gasteiger partial charge on any atom is 0.354 e. The fraction of sp³-hybridized carbons (Fsp3) is 0.312. The van der Waals surface area contributed by atoms with Crippen molar-refractivity contribution in [3.05, 3.63) is 52.6 Å². The van der Waals surface area contributed by atoms with E-state index in [-0.39, 0.29) is 17.6 Å². The van der Waals surface area contributed by atoms with Gasteiger partial charge in [-0.15, -0.1) is 0 Å². The number of benzene rings is 1. The lowest BCUT2D eigenvalue weighted by Crippen LogP contribution is -2.21. The van der Waals surface area contributed by atoms with Gasteiger partial charge in [-0.05, 0) is 48.4 Å². The lowest BCUT2D eigenvalue weighted by atomic mass is 9.90. The summed E-state index contributed by atoms with van der Waals surface area (Å²) < 4.78 is 1.43. The molecule has 1 fully saturated rings. The van der Waals surface area contributed by atoms with Gasteiger partial charge in [0.15, 0.2) is 0 Å². The van der Waals surface area contributed by atoms with E-state index in [1.807, 2.05) is 24.3 Å². The number of rotatable bonds is 5. The quantitative estimate of drug-likeness (QED) is 0.865. The number of hydrogen-bond acceptors (Lipinski definition) is 4. The van der Waals surface area contributed by atoms with E-state index in [2.05, 4.69) is 4.98 Å². The maximum absolute atomic E-state index is 11.8. The normalized spacial score (nSPS) is 15.5. The van der Waals surface area contributed by atoms with Crippen molar-refractivity contribution in [2.45, 2.75) is 25.2 Å². The number of carbonyl (C=O) groups excluding carboxylic acids is 1. The zero-order valence-electron chi connectivity index (χ0n) is 12.1. The molecule has 1 aromatic heterocycles. The first-order valence-corrected chi connectivity index (χ1v) is 7.28. The van der Waals surface area contributed by atoms with E-state index >= 15 is 0 Å². The van der Waals surface area contributed by atoms with Crippen molar-refractivity contribution in [3.8, 4) is 5.69 Å². The average molecular weight is 298 g/mol. The largest absolute Gasteiger partial charge is 0.383 e. The Kier molecular flexibility index (Phi) is 3.66. The summed E-state index contributed by atoms with van der Waals surface area (Å²) in [6.07, 6.45) is 4.25. The molecule has 1 amide bonds. The highest BCUT2D eigenvalue weighted by molar-refractivity contribution is 5.75. The van der Waals surface area contributed by atoms with Crippen molar-refractivity contribution >= 4 is 11.7 Å². The van der Waals surface area contributed by atoms with Crippen LogP contribution in [-0.4, -0.2) is 15.5 Å². The fourth-order valence-electron chi connectivity index (χ4n) is 2.77. The molecule has 4 N–H and O–H groups in total. The van der Waals surface area contributed by atoms with Crippen LogP contribution in [0.5, 0.6) is 0 Å². The maximum atomic E-state index is 11.8. The molecule has 6 heteroatoms. The minimum atomic E-state index is -0.413. The molecule has 114 valence electrons. The second-order valence-electron chi connectivity index (χ2n) is 5.71. The second kappa shape index (κ2) is 5.63. The standard InChI is InChI=1S/C16H18N4O2/c17-14-7-8-20(16(22)19-14)12-5-3-11(4-6-12)13(9-15(18)21)10-1-2-10/h3-8,10,13H,1-2,9H2,(H2,18,21)(H2,17,19,22). The number of anilines is 1. The van der Waals surface area contributed by atoms with Crippen molar-refractivity contribution in [1.82, 2.24) is 9.55 Å². The predicted molar refractivity (Wildman–Crippen MR) is 83.5 cm³/mol. The first kappa shape index (κ1) is 14.3. The first-order valence-electron chi connectivity index (χ1n) is 7.28. The Morgan fingerprint density at radius 3 is 2.50 bits per heavy atom. The summed E-state index contributed by atoms with van der Waals surface area (Å²) >= 11 is 0. The number of hydrogen-bond donors (Lipinski definition) is 2. The van der Waals surface area contributed by atoms with Gasteiger partial charge in [0.2, 0.25) is 5.91 Å². The van der Waals surface area contributed by atoms with E-state index in [1.54, 1.807) is 12.3 Å². The van der Waals surface area contributed by atoms with Crippen LogP contribution in [0.2, 0.25) is 0 Å². The number of amides is 1. The Labute approximate surface area is 127 Å². The third-order valence-electron chi connectivity index (χ3n) is 4.04. The van der Waals surface area contributed by atoms with Crippen molar-refractivity contribution in [3.63, 3.8) is 0 Å². The summed E-state index contributed by atoms with van der Waals surface area (Å²) in [5.41, 5.74) is 12.2. The molecular formula is C16H18N4O2. The molecule has 1 heterocycles. The molecule has 1 aromatic carbocycles. The van der Waals surface area contributed by atoms with Crippen LogP contribution in [-0.2, 0) is 4.79 Å². The van der Waals surface area contributed by atoms with E-state index in [1.165, 1.54) is 4.57 Å². The molecule has 1 aliphatic rings. The van der Waals surface area contributed by atoms with Crippen LogP contribution < -0.4 is 17.2 Å². The zero-order valence-corrected chi connectivity index (χ0v) is 12.1. The molecule has 1 aliphatic carbocycles. The van der Waals surface area contributed by atoms with Crippen molar-refractivity contribution < 1.29 is 4.79 Å². The molecule has 0 saturated heterocycles. The van der Waals surface area contributed by atoms with E-state index in [4.69, 9.17) is 11.5 Å². The van der Waals surface area contributed by atoms with Gasteiger partial charge in [0, 0.05) is 12.6 Å². The van der Waals surface area contributed by atoms with E-state index in [9.17, 15) is 9.59 Å². The molecule has 1 unspecified atom stereocenters. The number of nitrogen functional groups attached to an aromatic ring is 1. The monoisotopic (exact) mass is 298 g/mol. The molecule has 22 heavy (non-hydrogen) atoms. The third-order valence-corrected chi connectivity index (χ3v) is 4.04. The number of nitrogens with zero attached hydrogens (tertiary/aromatic N) is 2. The van der Waals surface area contributed by atoms with Crippen molar-refractivity contribution in [2.24, 2.45) is 11.7 Å². The molecule has 0 aliphatic heterocycles. The van der Waals surface area contributed by atoms with Gasteiger partial charge in [-0.3, -0.25) is 9.36 Å². The summed E-state index contributed by atoms with van der Waals surface area (Å²) in [5.74, 6) is 0.639. The number of nitrogens with two attached hydrogens (primary N) is 2. The van der Waals surface area contributed by atoms with E-state index < -0.39 is 5.69 Å². The molecule has 2 aromatic rings. The summed E-state index contributed by atoms with van der Waals surface area (Å²) in [6.45, 7) is 0. The molecule has 6 nitrogen and oxygen atoms in total. The second-order valence-corrected chi connectivity index (χ2v) is 5.71. The number of primary amides is 1. The lowest BCUT2D eigenvalue weighted by Gasteiger charge is -2.15. The highest BCUT2D eigenvalue weighted by Crippen LogP contribution is 2.44. The van der Waals surface area contributed by atoms with Gasteiger partial charge in [-0.1, -0.05) is 12.1 Å². The van der Waals surface area contributed by atoms with E-state index in [0.29, 0.717) is 12.3 Å². The fourth-order valence-corrected chi connectivity index (χ4v) is 2.77. The van der Waals surface area contributed by atoms with Crippen molar-refractivity contribution in [1.29, 1.82) is 0 Å². The molecule has 0 bridgehead atoms. The molecule has 3 rings (SSSR count). The zero-order chi connectivity index (χ0) is 15.7. The minimum Gasteiger partial charge on any atom is -0.383 e. The Morgan fingerprint density at radius 1 is 1.27 bits per heavy atom. The average Bonchev–Trinajstić information content (AvgIpc) is 3.29. The molecule has 1 atom stereocenters. The Morgan fingerprint density at radius 2 is 1.95 bits per heavy atom. The van der Waals surface area contributed by atoms with Gasteiger partial charge in [0.1, 0.15) is 5.82 Å². The predicted octanol–water partition coefficient (Wildman–Crippen LogP) is 1.18. The topological polar surface area (TPSA) is 104 Å². The Balaban J connectivity index is 1.88. The van der Waals surface area contributed by atoms with Gasteiger partial charge in [-0.25, -0.2) is 4.79 Å². The van der Waals surface area contributed by atoms with Gasteiger partial charge >= 0.3 is 5.69 Å². The van der Waals surface area contributed by atoms with Gasteiger partial charge in [-0.2, -0.15) is 4.98 Å². The molecule has 0 radical (unpaired) electrons. The highest BCUT2D eigenvalue weighted by atomic mass is 16.1. The summed E-state index contributed by atoms with van der Waals surface area (Å²) in [5, 5.41) is 0. The van der Waals surface area contributed by atoms with Crippen LogP contribution in [0, 0.1) is 5.92 Å². The summed E-state index contributed by atoms with van der Waals surface area (Å²) in [4.78, 5) is 26.8. The van der Waals surface area contributed by atoms with Crippen LogP contribution in [0.1, 0.15) is 30.7 Å². The van der Waals surface area contributed by atoms with Crippen LogP contribution >= 0.6 is 0 Å². The van der Waals surface area contributed by atoms with Crippen LogP contribution in [0.4, 0.5) is 5.82 Å². The first-order chi connectivity index (χ1) is 10.5. The molecule has 1 saturated carbocycles. The lowest BCUT2D eigenvalue weighted by molar-refractivity contribution is -0.118. The smallest absolute Gasteiger partial charge is 0.354 e.